The lowest BCUT2D eigenvalue weighted by Crippen LogP contribution is -2.17. The molecule has 0 saturated carbocycles. The topological polar surface area (TPSA) is 50.7 Å². The fourth-order valence-corrected chi connectivity index (χ4v) is 2.20. The first-order valence-electron chi connectivity index (χ1n) is 7.14. The van der Waals surface area contributed by atoms with Crippen molar-refractivity contribution in [1.82, 2.24) is 20.3 Å². The highest BCUT2D eigenvalue weighted by Crippen LogP contribution is 2.12. The summed E-state index contributed by atoms with van der Waals surface area (Å²) in [5, 5.41) is 3.41. The van der Waals surface area contributed by atoms with Crippen molar-refractivity contribution in [2.24, 2.45) is 0 Å². The van der Waals surface area contributed by atoms with Crippen LogP contribution >= 0.6 is 0 Å². The molecule has 2 aromatic rings. The van der Waals surface area contributed by atoms with Crippen molar-refractivity contribution >= 4 is 0 Å². The molecule has 0 amide bonds. The standard InChI is InChI=1S/C16H22N4/c1-4-8-17-11-15-12(2)19-16(20-13(15)3)10-14-7-5-6-9-18-14/h5-7,9,17H,4,8,10-11H2,1-3H3. The first-order valence-corrected chi connectivity index (χ1v) is 7.14. The molecular formula is C16H22N4. The minimum absolute atomic E-state index is 0.686. The molecule has 106 valence electrons. The molecule has 0 unspecified atom stereocenters. The van der Waals surface area contributed by atoms with Gasteiger partial charge < -0.3 is 5.32 Å². The van der Waals surface area contributed by atoms with Gasteiger partial charge >= 0.3 is 0 Å². The quantitative estimate of drug-likeness (QED) is 0.820. The predicted molar refractivity (Wildman–Crippen MR) is 80.5 cm³/mol. The number of aromatic nitrogens is 3. The normalized spacial score (nSPS) is 10.8. The molecule has 0 spiro atoms. The van der Waals surface area contributed by atoms with Gasteiger partial charge in [-0.15, -0.1) is 0 Å². The Morgan fingerprint density at radius 2 is 1.85 bits per heavy atom. The summed E-state index contributed by atoms with van der Waals surface area (Å²) in [5.74, 6) is 0.845. The maximum atomic E-state index is 4.62. The van der Waals surface area contributed by atoms with Crippen LogP contribution in [0, 0.1) is 13.8 Å². The molecule has 2 rings (SSSR count). The van der Waals surface area contributed by atoms with Crippen LogP contribution < -0.4 is 5.32 Å². The Kier molecular flexibility index (Phi) is 5.18. The molecule has 0 aliphatic carbocycles. The van der Waals surface area contributed by atoms with Crippen molar-refractivity contribution in [2.75, 3.05) is 6.54 Å². The SMILES string of the molecule is CCCNCc1c(C)nc(Cc2ccccn2)nc1C. The van der Waals surface area contributed by atoms with E-state index in [2.05, 4.69) is 41.0 Å². The van der Waals surface area contributed by atoms with E-state index in [-0.39, 0.29) is 0 Å². The van der Waals surface area contributed by atoms with E-state index in [1.165, 1.54) is 5.56 Å². The number of hydrogen-bond acceptors (Lipinski definition) is 4. The summed E-state index contributed by atoms with van der Waals surface area (Å²) in [5.41, 5.74) is 4.34. The second kappa shape index (κ2) is 7.10. The van der Waals surface area contributed by atoms with Gasteiger partial charge in [0, 0.05) is 35.4 Å². The molecule has 0 radical (unpaired) electrons. The van der Waals surface area contributed by atoms with Crippen LogP contribution in [-0.2, 0) is 13.0 Å². The molecule has 4 heteroatoms. The van der Waals surface area contributed by atoms with Gasteiger partial charge in [0.2, 0.25) is 0 Å². The molecule has 0 aliphatic rings. The molecule has 4 nitrogen and oxygen atoms in total. The van der Waals surface area contributed by atoms with Crippen LogP contribution in [0.1, 0.15) is 41.8 Å². The van der Waals surface area contributed by atoms with Gasteiger partial charge in [0.05, 0.1) is 6.42 Å². The summed E-state index contributed by atoms with van der Waals surface area (Å²) >= 11 is 0. The van der Waals surface area contributed by atoms with Gasteiger partial charge in [-0.2, -0.15) is 0 Å². The molecule has 1 N–H and O–H groups in total. The Balaban J connectivity index is 2.13. The number of aryl methyl sites for hydroxylation is 2. The summed E-state index contributed by atoms with van der Waals surface area (Å²) in [6, 6.07) is 5.92. The first-order chi connectivity index (χ1) is 9.70. The zero-order valence-electron chi connectivity index (χ0n) is 12.5. The van der Waals surface area contributed by atoms with E-state index in [0.717, 1.165) is 42.4 Å². The third-order valence-electron chi connectivity index (χ3n) is 3.26. The van der Waals surface area contributed by atoms with E-state index in [1.54, 1.807) is 6.20 Å². The first kappa shape index (κ1) is 14.6. The van der Waals surface area contributed by atoms with Crippen LogP contribution in [0.5, 0.6) is 0 Å². The molecule has 2 aromatic heterocycles. The third-order valence-corrected chi connectivity index (χ3v) is 3.26. The second-order valence-electron chi connectivity index (χ2n) is 4.96. The minimum atomic E-state index is 0.686. The third kappa shape index (κ3) is 3.84. The van der Waals surface area contributed by atoms with Crippen molar-refractivity contribution < 1.29 is 0 Å². The zero-order chi connectivity index (χ0) is 14.4. The number of nitrogens with zero attached hydrogens (tertiary/aromatic N) is 3. The van der Waals surface area contributed by atoms with Gasteiger partial charge in [0.1, 0.15) is 5.82 Å². The molecule has 0 aliphatic heterocycles. The molecule has 2 heterocycles. The van der Waals surface area contributed by atoms with Crippen molar-refractivity contribution in [3.05, 3.63) is 52.9 Å². The fraction of sp³-hybridized carbons (Fsp3) is 0.438. The predicted octanol–water partition coefficient (Wildman–Crippen LogP) is 2.58. The summed E-state index contributed by atoms with van der Waals surface area (Å²) in [4.78, 5) is 13.6. The largest absolute Gasteiger partial charge is 0.313 e. The van der Waals surface area contributed by atoms with Gasteiger partial charge in [-0.1, -0.05) is 13.0 Å². The van der Waals surface area contributed by atoms with E-state index in [4.69, 9.17) is 0 Å². The molecule has 0 aromatic carbocycles. The van der Waals surface area contributed by atoms with Gasteiger partial charge in [-0.25, -0.2) is 9.97 Å². The minimum Gasteiger partial charge on any atom is -0.313 e. The maximum Gasteiger partial charge on any atom is 0.134 e. The lowest BCUT2D eigenvalue weighted by Gasteiger charge is -2.11. The number of hydrogen-bond donors (Lipinski definition) is 1. The molecular weight excluding hydrogens is 248 g/mol. The van der Waals surface area contributed by atoms with Gasteiger partial charge in [-0.3, -0.25) is 4.98 Å². The monoisotopic (exact) mass is 270 g/mol. The highest BCUT2D eigenvalue weighted by atomic mass is 14.9. The van der Waals surface area contributed by atoms with Crippen LogP contribution in [0.3, 0.4) is 0 Å². The molecule has 0 atom stereocenters. The summed E-state index contributed by atoms with van der Waals surface area (Å²) in [6.45, 7) is 8.14. The van der Waals surface area contributed by atoms with Crippen molar-refractivity contribution in [2.45, 2.75) is 40.2 Å². The second-order valence-corrected chi connectivity index (χ2v) is 4.96. The van der Waals surface area contributed by atoms with E-state index in [9.17, 15) is 0 Å². The van der Waals surface area contributed by atoms with Gasteiger partial charge in [-0.05, 0) is 38.9 Å². The van der Waals surface area contributed by atoms with Crippen molar-refractivity contribution in [3.8, 4) is 0 Å². The Labute approximate surface area is 120 Å². The van der Waals surface area contributed by atoms with Crippen LogP contribution in [0.15, 0.2) is 24.4 Å². The summed E-state index contributed by atoms with van der Waals surface area (Å²) in [6.07, 6.45) is 3.62. The Bertz CT molecular complexity index is 529. The zero-order valence-corrected chi connectivity index (χ0v) is 12.5. The van der Waals surface area contributed by atoms with Crippen molar-refractivity contribution in [3.63, 3.8) is 0 Å². The number of pyridine rings is 1. The Morgan fingerprint density at radius 3 is 2.45 bits per heavy atom. The Morgan fingerprint density at radius 1 is 1.10 bits per heavy atom. The summed E-state index contributed by atoms with van der Waals surface area (Å²) < 4.78 is 0. The fourth-order valence-electron chi connectivity index (χ4n) is 2.20. The molecule has 0 bridgehead atoms. The lowest BCUT2D eigenvalue weighted by atomic mass is 10.1. The van der Waals surface area contributed by atoms with Crippen LogP contribution in [0.2, 0.25) is 0 Å². The van der Waals surface area contributed by atoms with Crippen LogP contribution in [0.25, 0.3) is 0 Å². The molecule has 0 saturated heterocycles. The highest BCUT2D eigenvalue weighted by molar-refractivity contribution is 5.25. The number of nitrogens with one attached hydrogen (secondary N) is 1. The molecule has 20 heavy (non-hydrogen) atoms. The van der Waals surface area contributed by atoms with Gasteiger partial charge in [0.15, 0.2) is 0 Å². The highest BCUT2D eigenvalue weighted by Gasteiger charge is 2.09. The summed E-state index contributed by atoms with van der Waals surface area (Å²) in [7, 11) is 0. The van der Waals surface area contributed by atoms with E-state index >= 15 is 0 Å². The van der Waals surface area contributed by atoms with E-state index in [1.807, 2.05) is 18.2 Å². The van der Waals surface area contributed by atoms with Crippen molar-refractivity contribution in [1.29, 1.82) is 0 Å². The maximum absolute atomic E-state index is 4.62. The smallest absolute Gasteiger partial charge is 0.134 e. The van der Waals surface area contributed by atoms with Gasteiger partial charge in [0.25, 0.3) is 0 Å². The Hall–Kier alpha value is -1.81. The average Bonchev–Trinajstić information content (AvgIpc) is 2.43. The van der Waals surface area contributed by atoms with E-state index < -0.39 is 0 Å². The van der Waals surface area contributed by atoms with Crippen LogP contribution in [0.4, 0.5) is 0 Å². The number of rotatable bonds is 6. The molecule has 0 fully saturated rings. The van der Waals surface area contributed by atoms with Crippen LogP contribution in [-0.4, -0.2) is 21.5 Å². The van der Waals surface area contributed by atoms with E-state index in [0.29, 0.717) is 6.42 Å². The lowest BCUT2D eigenvalue weighted by molar-refractivity contribution is 0.662. The average molecular weight is 270 g/mol.